The average Bonchev–Trinajstić information content (AvgIpc) is 3.58. The van der Waals surface area contributed by atoms with Crippen LogP contribution in [0.1, 0.15) is 69.6 Å². The summed E-state index contributed by atoms with van der Waals surface area (Å²) in [7, 11) is 3.01. The first-order valence-electron chi connectivity index (χ1n) is 12.2. The Hall–Kier alpha value is -4.06. The van der Waals surface area contributed by atoms with E-state index in [4.69, 9.17) is 25.4 Å². The molecule has 0 bridgehead atoms. The Bertz CT molecular complexity index is 1290. The van der Waals surface area contributed by atoms with Crippen molar-refractivity contribution in [1.82, 2.24) is 14.6 Å². The van der Waals surface area contributed by atoms with Crippen molar-refractivity contribution in [2.24, 2.45) is 5.73 Å². The molecule has 2 aromatic heterocycles. The molecule has 1 atom stereocenters. The predicted molar refractivity (Wildman–Crippen MR) is 141 cm³/mol. The second-order valence-corrected chi connectivity index (χ2v) is 9.78. The highest BCUT2D eigenvalue weighted by molar-refractivity contribution is 7.09. The number of hydrogen-bond donors (Lipinski definition) is 3. The zero-order valence-electron chi connectivity index (χ0n) is 21.3. The number of aromatic nitrogens is 1. The highest BCUT2D eigenvalue weighted by Gasteiger charge is 2.36. The summed E-state index contributed by atoms with van der Waals surface area (Å²) in [5.74, 6) is -0.470. The van der Waals surface area contributed by atoms with Crippen LogP contribution in [-0.4, -0.2) is 47.3 Å². The van der Waals surface area contributed by atoms with E-state index in [2.05, 4.69) is 9.69 Å². The molecule has 3 amide bonds. The van der Waals surface area contributed by atoms with Gasteiger partial charge in [-0.2, -0.15) is 4.37 Å². The largest absolute Gasteiger partial charge is 0.493 e. The first kappa shape index (κ1) is 27.0. The van der Waals surface area contributed by atoms with Crippen LogP contribution in [0.15, 0.2) is 41.0 Å². The fourth-order valence-electron chi connectivity index (χ4n) is 4.63. The van der Waals surface area contributed by atoms with Crippen LogP contribution in [0.4, 0.5) is 5.69 Å². The molecule has 1 fully saturated rings. The Morgan fingerprint density at radius 3 is 2.50 bits per heavy atom. The van der Waals surface area contributed by atoms with Crippen molar-refractivity contribution in [3.8, 4) is 11.5 Å². The van der Waals surface area contributed by atoms with Crippen molar-refractivity contribution in [3.63, 3.8) is 0 Å². The second-order valence-electron chi connectivity index (χ2n) is 9.01. The lowest BCUT2D eigenvalue weighted by Gasteiger charge is -2.33. The van der Waals surface area contributed by atoms with E-state index >= 15 is 0 Å². The van der Waals surface area contributed by atoms with E-state index in [-0.39, 0.29) is 34.8 Å². The number of nitrogens with zero attached hydrogens (tertiary/aromatic N) is 2. The van der Waals surface area contributed by atoms with Gasteiger partial charge in [0.1, 0.15) is 16.7 Å². The third-order valence-corrected chi connectivity index (χ3v) is 7.41. The molecule has 0 saturated heterocycles. The minimum absolute atomic E-state index is 0.00120. The van der Waals surface area contributed by atoms with Gasteiger partial charge in [-0.25, -0.2) is 0 Å². The van der Waals surface area contributed by atoms with Crippen LogP contribution in [0.25, 0.3) is 0 Å². The van der Waals surface area contributed by atoms with E-state index in [9.17, 15) is 14.4 Å². The Morgan fingerprint density at radius 1 is 1.16 bits per heavy atom. The van der Waals surface area contributed by atoms with Gasteiger partial charge in [0.2, 0.25) is 5.91 Å². The molecule has 202 valence electrons. The Labute approximate surface area is 224 Å². The van der Waals surface area contributed by atoms with Crippen molar-refractivity contribution in [3.05, 3.63) is 58.5 Å². The molecular weight excluding hydrogens is 510 g/mol. The summed E-state index contributed by atoms with van der Waals surface area (Å²) in [5, 5.41) is 3.13. The van der Waals surface area contributed by atoms with E-state index in [0.717, 1.165) is 43.6 Å². The van der Waals surface area contributed by atoms with Crippen LogP contribution in [0.3, 0.4) is 0 Å². The van der Waals surface area contributed by atoms with Gasteiger partial charge in [0.05, 0.1) is 32.7 Å². The number of nitrogen functional groups attached to an aromatic ring is 1. The summed E-state index contributed by atoms with van der Waals surface area (Å²) in [6.45, 7) is -0.0494. The summed E-state index contributed by atoms with van der Waals surface area (Å²) < 4.78 is 20.4. The Morgan fingerprint density at radius 2 is 1.89 bits per heavy atom. The number of carbonyl (C=O) groups is 3. The number of nitrogens with two attached hydrogens (primary N) is 2. The standard InChI is InChI=1S/C26H31N5O6S/c1-35-18-11-10-15(13-19(18)36-2)22(25(33)29-16-7-4-3-5-8-16)31(14-17-9-6-12-37-17)26(34)23-20(27)21(24(28)32)30-38-23/h6,9-13,16,22H,3-5,7-8,14,27H2,1-2H3,(H2,28,32)(H,29,33)/t22-/m0/s1. The lowest BCUT2D eigenvalue weighted by atomic mass is 9.94. The monoisotopic (exact) mass is 541 g/mol. The van der Waals surface area contributed by atoms with E-state index in [1.807, 2.05) is 0 Å². The number of amides is 3. The molecule has 1 aliphatic carbocycles. The number of anilines is 1. The molecule has 2 heterocycles. The van der Waals surface area contributed by atoms with E-state index in [0.29, 0.717) is 22.8 Å². The molecule has 5 N–H and O–H groups in total. The van der Waals surface area contributed by atoms with Crippen LogP contribution in [0, 0.1) is 0 Å². The number of rotatable bonds is 10. The van der Waals surface area contributed by atoms with Gasteiger partial charge in [-0.3, -0.25) is 14.4 Å². The van der Waals surface area contributed by atoms with Gasteiger partial charge in [0, 0.05) is 6.04 Å². The SMILES string of the molecule is COc1ccc([C@@H](C(=O)NC2CCCCC2)N(Cc2ccco2)C(=O)c2snc(C(N)=O)c2N)cc1OC. The van der Waals surface area contributed by atoms with E-state index in [1.54, 1.807) is 30.3 Å². The molecule has 3 aromatic rings. The zero-order chi connectivity index (χ0) is 27.2. The first-order chi connectivity index (χ1) is 18.3. The molecule has 38 heavy (non-hydrogen) atoms. The smallest absolute Gasteiger partial charge is 0.270 e. The van der Waals surface area contributed by atoms with Crippen molar-refractivity contribution < 1.29 is 28.3 Å². The predicted octanol–water partition coefficient (Wildman–Crippen LogP) is 3.27. The average molecular weight is 542 g/mol. The molecule has 1 aliphatic rings. The van der Waals surface area contributed by atoms with Crippen molar-refractivity contribution >= 4 is 34.9 Å². The lowest BCUT2D eigenvalue weighted by Crippen LogP contribution is -2.46. The van der Waals surface area contributed by atoms with Gasteiger partial charge in [0.25, 0.3) is 11.8 Å². The zero-order valence-corrected chi connectivity index (χ0v) is 22.1. The van der Waals surface area contributed by atoms with Crippen LogP contribution in [-0.2, 0) is 11.3 Å². The van der Waals surface area contributed by atoms with Crippen molar-refractivity contribution in [2.45, 2.75) is 50.7 Å². The van der Waals surface area contributed by atoms with Gasteiger partial charge >= 0.3 is 0 Å². The van der Waals surface area contributed by atoms with Crippen molar-refractivity contribution in [2.75, 3.05) is 20.0 Å². The highest BCUT2D eigenvalue weighted by atomic mass is 32.1. The molecule has 11 nitrogen and oxygen atoms in total. The summed E-state index contributed by atoms with van der Waals surface area (Å²) in [5.41, 5.74) is 11.7. The normalized spacial score (nSPS) is 14.5. The molecule has 0 spiro atoms. The molecule has 1 aromatic carbocycles. The third kappa shape index (κ3) is 5.75. The number of nitrogens with one attached hydrogen (secondary N) is 1. The van der Waals surface area contributed by atoms with Crippen LogP contribution >= 0.6 is 11.5 Å². The topological polar surface area (TPSA) is 163 Å². The second kappa shape index (κ2) is 12.0. The molecular formula is C26H31N5O6S. The lowest BCUT2D eigenvalue weighted by molar-refractivity contribution is -0.127. The quantitative estimate of drug-likeness (QED) is 0.352. The minimum Gasteiger partial charge on any atom is -0.493 e. The number of hydrogen-bond acceptors (Lipinski definition) is 9. The van der Waals surface area contributed by atoms with E-state index < -0.39 is 17.9 Å². The maximum atomic E-state index is 14.0. The number of benzene rings is 1. The van der Waals surface area contributed by atoms with Crippen LogP contribution in [0.5, 0.6) is 11.5 Å². The molecule has 12 heteroatoms. The van der Waals surface area contributed by atoms with Gasteiger partial charge in [-0.1, -0.05) is 25.3 Å². The molecule has 0 aliphatic heterocycles. The summed E-state index contributed by atoms with van der Waals surface area (Å²) in [6, 6.07) is 7.35. The number of furan rings is 1. The van der Waals surface area contributed by atoms with Gasteiger partial charge < -0.3 is 35.6 Å². The molecule has 1 saturated carbocycles. The van der Waals surface area contributed by atoms with Gasteiger partial charge in [-0.05, 0) is 54.2 Å². The number of primary amides is 1. The fourth-order valence-corrected chi connectivity index (χ4v) is 5.39. The summed E-state index contributed by atoms with van der Waals surface area (Å²) >= 11 is 0.753. The Kier molecular flexibility index (Phi) is 8.52. The fraction of sp³-hybridized carbons (Fsp3) is 0.385. The maximum absolute atomic E-state index is 14.0. The molecule has 0 unspecified atom stereocenters. The Balaban J connectivity index is 1.81. The summed E-state index contributed by atoms with van der Waals surface area (Å²) in [4.78, 5) is 41.1. The van der Waals surface area contributed by atoms with Crippen molar-refractivity contribution in [1.29, 1.82) is 0 Å². The summed E-state index contributed by atoms with van der Waals surface area (Å²) in [6.07, 6.45) is 6.38. The number of methoxy groups -OCH3 is 2. The number of carbonyl (C=O) groups excluding carboxylic acids is 3. The number of ether oxygens (including phenoxy) is 2. The van der Waals surface area contributed by atoms with Crippen LogP contribution < -0.4 is 26.3 Å². The van der Waals surface area contributed by atoms with E-state index in [1.165, 1.54) is 25.4 Å². The minimum atomic E-state index is -1.09. The third-order valence-electron chi connectivity index (χ3n) is 6.56. The molecule has 0 radical (unpaired) electrons. The highest BCUT2D eigenvalue weighted by Crippen LogP contribution is 2.35. The first-order valence-corrected chi connectivity index (χ1v) is 13.0. The molecule has 4 rings (SSSR count). The van der Waals surface area contributed by atoms with Crippen LogP contribution in [0.2, 0.25) is 0 Å². The van der Waals surface area contributed by atoms with Gasteiger partial charge in [-0.15, -0.1) is 0 Å². The van der Waals surface area contributed by atoms with Gasteiger partial charge in [0.15, 0.2) is 17.2 Å². The maximum Gasteiger partial charge on any atom is 0.270 e.